The summed E-state index contributed by atoms with van der Waals surface area (Å²) in [7, 11) is 0. The molecule has 0 aliphatic rings. The van der Waals surface area contributed by atoms with Gasteiger partial charge in [-0.3, -0.25) is 4.79 Å². The summed E-state index contributed by atoms with van der Waals surface area (Å²) in [5.74, 6) is -1.49. The summed E-state index contributed by atoms with van der Waals surface area (Å²) in [6, 6.07) is 0.865. The highest BCUT2D eigenvalue weighted by molar-refractivity contribution is 5.83. The molecule has 2 nitrogen and oxygen atoms in total. The zero-order valence-electron chi connectivity index (χ0n) is 6.73. The smallest absolute Gasteiger partial charge is 0.398 e. The average Bonchev–Trinajstić information content (AvgIpc) is 2.02. The molecule has 0 saturated carbocycles. The first-order valence-electron chi connectivity index (χ1n) is 3.47. The molecule has 6 heteroatoms. The van der Waals surface area contributed by atoms with E-state index in [-0.39, 0.29) is 17.5 Å². The standard InChI is InChI=1S/C8H5F4NO/c9-6-2-7(13)4(3-14)1-5(6)8(10,11)12/h1-3H,13H2. The number of rotatable bonds is 1. The molecule has 14 heavy (non-hydrogen) atoms. The van der Waals surface area contributed by atoms with Gasteiger partial charge in [0.05, 0.1) is 5.56 Å². The van der Waals surface area contributed by atoms with Crippen LogP contribution in [-0.4, -0.2) is 6.29 Å². The van der Waals surface area contributed by atoms with Crippen LogP contribution in [0.2, 0.25) is 0 Å². The molecule has 0 bridgehead atoms. The fraction of sp³-hybridized carbons (Fsp3) is 0.125. The van der Waals surface area contributed by atoms with Crippen LogP contribution in [0.15, 0.2) is 12.1 Å². The lowest BCUT2D eigenvalue weighted by atomic mass is 10.1. The van der Waals surface area contributed by atoms with Crippen LogP contribution in [0.3, 0.4) is 0 Å². The van der Waals surface area contributed by atoms with Crippen molar-refractivity contribution < 1.29 is 22.4 Å². The molecule has 0 radical (unpaired) electrons. The maximum Gasteiger partial charge on any atom is 0.419 e. The lowest BCUT2D eigenvalue weighted by Gasteiger charge is -2.09. The number of hydrogen-bond donors (Lipinski definition) is 1. The van der Waals surface area contributed by atoms with Gasteiger partial charge in [0, 0.05) is 11.3 Å². The Hall–Kier alpha value is -1.59. The van der Waals surface area contributed by atoms with Crippen molar-refractivity contribution in [1.82, 2.24) is 0 Å². The molecule has 0 spiro atoms. The van der Waals surface area contributed by atoms with Crippen LogP contribution in [0.1, 0.15) is 15.9 Å². The van der Waals surface area contributed by atoms with Crippen LogP contribution < -0.4 is 5.73 Å². The number of nitrogens with two attached hydrogens (primary N) is 1. The zero-order chi connectivity index (χ0) is 10.9. The molecule has 0 fully saturated rings. The zero-order valence-corrected chi connectivity index (χ0v) is 6.73. The molecule has 0 aromatic heterocycles. The number of carbonyl (C=O) groups excluding carboxylic acids is 1. The van der Waals surface area contributed by atoms with Crippen molar-refractivity contribution in [3.05, 3.63) is 29.1 Å². The van der Waals surface area contributed by atoms with E-state index in [1.165, 1.54) is 0 Å². The molecule has 1 rings (SSSR count). The van der Waals surface area contributed by atoms with Crippen LogP contribution in [0.4, 0.5) is 23.2 Å². The monoisotopic (exact) mass is 207 g/mol. The minimum atomic E-state index is -4.82. The quantitative estimate of drug-likeness (QED) is 0.436. The first-order chi connectivity index (χ1) is 6.36. The number of nitrogen functional groups attached to an aromatic ring is 1. The van der Waals surface area contributed by atoms with E-state index in [9.17, 15) is 22.4 Å². The predicted molar refractivity (Wildman–Crippen MR) is 41.2 cm³/mol. The van der Waals surface area contributed by atoms with E-state index in [0.29, 0.717) is 12.1 Å². The van der Waals surface area contributed by atoms with Crippen LogP contribution in [-0.2, 0) is 6.18 Å². The van der Waals surface area contributed by atoms with Crippen molar-refractivity contribution >= 4 is 12.0 Å². The van der Waals surface area contributed by atoms with Crippen molar-refractivity contribution in [2.24, 2.45) is 0 Å². The number of anilines is 1. The van der Waals surface area contributed by atoms with Gasteiger partial charge in [-0.1, -0.05) is 0 Å². The molecule has 2 N–H and O–H groups in total. The predicted octanol–water partition coefficient (Wildman–Crippen LogP) is 2.24. The average molecular weight is 207 g/mol. The van der Waals surface area contributed by atoms with Crippen molar-refractivity contribution in [1.29, 1.82) is 0 Å². The molecule has 1 aromatic carbocycles. The number of carbonyl (C=O) groups is 1. The van der Waals surface area contributed by atoms with Gasteiger partial charge in [0.1, 0.15) is 5.82 Å². The highest BCUT2D eigenvalue weighted by Crippen LogP contribution is 2.33. The van der Waals surface area contributed by atoms with Gasteiger partial charge in [0.2, 0.25) is 0 Å². The SMILES string of the molecule is Nc1cc(F)c(C(F)(F)F)cc1C=O. The third-order valence-corrected chi connectivity index (χ3v) is 1.61. The number of benzene rings is 1. The number of hydrogen-bond acceptors (Lipinski definition) is 2. The highest BCUT2D eigenvalue weighted by Gasteiger charge is 2.34. The Bertz CT molecular complexity index is 372. The first-order valence-corrected chi connectivity index (χ1v) is 3.47. The summed E-state index contributed by atoms with van der Waals surface area (Å²) >= 11 is 0. The van der Waals surface area contributed by atoms with Crippen molar-refractivity contribution in [3.63, 3.8) is 0 Å². The van der Waals surface area contributed by atoms with Crippen LogP contribution in [0.25, 0.3) is 0 Å². The summed E-state index contributed by atoms with van der Waals surface area (Å²) in [4.78, 5) is 10.2. The molecule has 0 amide bonds. The maximum atomic E-state index is 12.7. The Kier molecular flexibility index (Phi) is 2.46. The summed E-state index contributed by atoms with van der Waals surface area (Å²) in [5, 5.41) is 0. The van der Waals surface area contributed by atoms with Crippen molar-refractivity contribution in [2.75, 3.05) is 5.73 Å². The Balaban J connectivity index is 3.39. The van der Waals surface area contributed by atoms with Crippen molar-refractivity contribution in [2.45, 2.75) is 6.18 Å². The van der Waals surface area contributed by atoms with Crippen LogP contribution in [0.5, 0.6) is 0 Å². The fourth-order valence-electron chi connectivity index (χ4n) is 0.925. The van der Waals surface area contributed by atoms with Gasteiger partial charge in [0.25, 0.3) is 0 Å². The van der Waals surface area contributed by atoms with Gasteiger partial charge in [-0.05, 0) is 12.1 Å². The van der Waals surface area contributed by atoms with E-state index in [4.69, 9.17) is 5.73 Å². The molecule has 0 aliphatic heterocycles. The fourth-order valence-corrected chi connectivity index (χ4v) is 0.925. The largest absolute Gasteiger partial charge is 0.419 e. The molecule has 76 valence electrons. The van der Waals surface area contributed by atoms with E-state index >= 15 is 0 Å². The Morgan fingerprint density at radius 1 is 1.29 bits per heavy atom. The van der Waals surface area contributed by atoms with Gasteiger partial charge in [-0.15, -0.1) is 0 Å². The molecule has 0 atom stereocenters. The normalized spacial score (nSPS) is 11.4. The summed E-state index contributed by atoms with van der Waals surface area (Å²) in [6.07, 6.45) is -4.68. The Morgan fingerprint density at radius 2 is 1.86 bits per heavy atom. The molecular formula is C8H5F4NO. The van der Waals surface area contributed by atoms with Gasteiger partial charge >= 0.3 is 6.18 Å². The van der Waals surface area contributed by atoms with E-state index in [1.54, 1.807) is 0 Å². The molecule has 0 saturated heterocycles. The Labute approximate surface area is 76.3 Å². The second-order valence-electron chi connectivity index (χ2n) is 2.58. The lowest BCUT2D eigenvalue weighted by molar-refractivity contribution is -0.139. The molecule has 0 heterocycles. The number of alkyl halides is 3. The summed E-state index contributed by atoms with van der Waals surface area (Å²) in [6.45, 7) is 0. The van der Waals surface area contributed by atoms with Crippen LogP contribution >= 0.6 is 0 Å². The van der Waals surface area contributed by atoms with E-state index < -0.39 is 17.6 Å². The molecule has 0 aliphatic carbocycles. The lowest BCUT2D eigenvalue weighted by Crippen LogP contribution is -2.10. The molecule has 1 aromatic rings. The summed E-state index contributed by atoms with van der Waals surface area (Å²) < 4.78 is 49.0. The third kappa shape index (κ3) is 1.84. The summed E-state index contributed by atoms with van der Waals surface area (Å²) in [5.41, 5.74) is 2.92. The highest BCUT2D eigenvalue weighted by atomic mass is 19.4. The maximum absolute atomic E-state index is 12.7. The topological polar surface area (TPSA) is 43.1 Å². The van der Waals surface area contributed by atoms with Gasteiger partial charge in [-0.25, -0.2) is 4.39 Å². The van der Waals surface area contributed by atoms with E-state index in [1.807, 2.05) is 0 Å². The van der Waals surface area contributed by atoms with Crippen molar-refractivity contribution in [3.8, 4) is 0 Å². The molecule has 0 unspecified atom stereocenters. The van der Waals surface area contributed by atoms with Gasteiger partial charge in [0.15, 0.2) is 6.29 Å². The van der Waals surface area contributed by atoms with E-state index in [0.717, 1.165) is 0 Å². The number of aldehydes is 1. The second-order valence-corrected chi connectivity index (χ2v) is 2.58. The number of halogens is 4. The van der Waals surface area contributed by atoms with Gasteiger partial charge < -0.3 is 5.73 Å². The van der Waals surface area contributed by atoms with E-state index in [2.05, 4.69) is 0 Å². The minimum absolute atomic E-state index is 0.143. The Morgan fingerprint density at radius 3 is 2.29 bits per heavy atom. The van der Waals surface area contributed by atoms with Crippen LogP contribution in [0, 0.1) is 5.82 Å². The van der Waals surface area contributed by atoms with Gasteiger partial charge in [-0.2, -0.15) is 13.2 Å². The minimum Gasteiger partial charge on any atom is -0.398 e. The third-order valence-electron chi connectivity index (χ3n) is 1.61. The molecular weight excluding hydrogens is 202 g/mol. The second kappa shape index (κ2) is 3.28. The first kappa shape index (κ1) is 10.5.